The number of fused-ring (bicyclic) bond motifs is 1. The van der Waals surface area contributed by atoms with Gasteiger partial charge in [0.25, 0.3) is 0 Å². The second-order valence-electron chi connectivity index (χ2n) is 8.28. The number of benzene rings is 2. The lowest BCUT2D eigenvalue weighted by Gasteiger charge is -2.25. The maximum absolute atomic E-state index is 13.9. The summed E-state index contributed by atoms with van der Waals surface area (Å²) in [5, 5.41) is 3.18. The Kier molecular flexibility index (Phi) is 5.69. The van der Waals surface area contributed by atoms with Gasteiger partial charge in [0.05, 0.1) is 30.5 Å². The van der Waals surface area contributed by atoms with Crippen molar-refractivity contribution in [1.82, 2.24) is 19.5 Å². The van der Waals surface area contributed by atoms with Crippen molar-refractivity contribution in [2.45, 2.75) is 32.1 Å². The first-order valence-electron chi connectivity index (χ1n) is 10.9. The number of aromatic nitrogens is 4. The van der Waals surface area contributed by atoms with E-state index in [4.69, 9.17) is 4.74 Å². The summed E-state index contributed by atoms with van der Waals surface area (Å²) in [4.78, 5) is 13.3. The molecule has 1 unspecified atom stereocenters. The van der Waals surface area contributed by atoms with E-state index < -0.39 is 17.5 Å². The van der Waals surface area contributed by atoms with Gasteiger partial charge >= 0.3 is 0 Å². The molecule has 0 aliphatic heterocycles. The number of anilines is 2. The molecule has 2 aromatic heterocycles. The third kappa shape index (κ3) is 4.09. The van der Waals surface area contributed by atoms with Gasteiger partial charge in [-0.3, -0.25) is 0 Å². The van der Waals surface area contributed by atoms with Gasteiger partial charge in [-0.2, -0.15) is 0 Å². The first-order valence-corrected chi connectivity index (χ1v) is 10.9. The van der Waals surface area contributed by atoms with E-state index in [0.717, 1.165) is 41.9 Å². The number of ether oxygens (including phenoxy) is 1. The van der Waals surface area contributed by atoms with E-state index in [1.165, 1.54) is 0 Å². The molecule has 0 bridgehead atoms. The lowest BCUT2D eigenvalue weighted by Crippen LogP contribution is -2.16. The molecule has 0 saturated heterocycles. The zero-order valence-electron chi connectivity index (χ0n) is 18.6. The SMILES string of the molecule is COc1cc(Nc2ncc3c(n2)C(c2cc(F)c(F)c(F)c2)CCC3)ccc1-n1cnc(C)c1. The molecule has 174 valence electrons. The number of hydrogen-bond acceptors (Lipinski definition) is 5. The largest absolute Gasteiger partial charge is 0.494 e. The Hall–Kier alpha value is -3.88. The second-order valence-corrected chi connectivity index (χ2v) is 8.28. The quantitative estimate of drug-likeness (QED) is 0.388. The highest BCUT2D eigenvalue weighted by Gasteiger charge is 2.26. The number of aryl methyl sites for hydroxylation is 2. The van der Waals surface area contributed by atoms with Crippen LogP contribution in [0.3, 0.4) is 0 Å². The molecule has 0 amide bonds. The van der Waals surface area contributed by atoms with E-state index in [0.29, 0.717) is 35.1 Å². The van der Waals surface area contributed by atoms with Crippen molar-refractivity contribution >= 4 is 11.6 Å². The van der Waals surface area contributed by atoms with E-state index in [1.807, 2.05) is 35.9 Å². The summed E-state index contributed by atoms with van der Waals surface area (Å²) in [5.74, 6) is -3.23. The normalized spacial score (nSPS) is 15.1. The summed E-state index contributed by atoms with van der Waals surface area (Å²) in [7, 11) is 1.59. The first-order chi connectivity index (χ1) is 16.4. The molecule has 0 fully saturated rings. The average Bonchev–Trinajstić information content (AvgIpc) is 3.27. The molecule has 34 heavy (non-hydrogen) atoms. The van der Waals surface area contributed by atoms with E-state index >= 15 is 0 Å². The molecule has 0 radical (unpaired) electrons. The van der Waals surface area contributed by atoms with Crippen LogP contribution >= 0.6 is 0 Å². The minimum Gasteiger partial charge on any atom is -0.494 e. The van der Waals surface area contributed by atoms with Crippen molar-refractivity contribution in [2.75, 3.05) is 12.4 Å². The zero-order chi connectivity index (χ0) is 23.8. The molecule has 9 heteroatoms. The van der Waals surface area contributed by atoms with E-state index in [-0.39, 0.29) is 5.92 Å². The number of nitrogens with zero attached hydrogens (tertiary/aromatic N) is 4. The number of imidazole rings is 1. The summed E-state index contributed by atoms with van der Waals surface area (Å²) >= 11 is 0. The third-order valence-corrected chi connectivity index (χ3v) is 6.00. The van der Waals surface area contributed by atoms with Crippen LogP contribution in [0.1, 0.15) is 41.3 Å². The smallest absolute Gasteiger partial charge is 0.227 e. The number of hydrogen-bond donors (Lipinski definition) is 1. The monoisotopic (exact) mass is 465 g/mol. The van der Waals surface area contributed by atoms with Gasteiger partial charge in [-0.15, -0.1) is 0 Å². The molecular weight excluding hydrogens is 443 g/mol. The van der Waals surface area contributed by atoms with Gasteiger partial charge in [0.2, 0.25) is 5.95 Å². The molecule has 6 nitrogen and oxygen atoms in total. The predicted octanol–water partition coefficient (Wildman–Crippen LogP) is 5.61. The van der Waals surface area contributed by atoms with E-state index in [2.05, 4.69) is 20.3 Å². The van der Waals surface area contributed by atoms with Crippen LogP contribution in [0.15, 0.2) is 49.1 Å². The van der Waals surface area contributed by atoms with Crippen molar-refractivity contribution in [1.29, 1.82) is 0 Å². The van der Waals surface area contributed by atoms with Crippen LogP contribution < -0.4 is 10.1 Å². The summed E-state index contributed by atoms with van der Waals surface area (Å²) in [6, 6.07) is 7.70. The highest BCUT2D eigenvalue weighted by Crippen LogP contribution is 2.37. The standard InChI is InChI=1S/C25H22F3N5O/c1-14-12-33(13-30-14)21-7-6-17(10-22(21)34-2)31-25-29-11-15-4-3-5-18(24(15)32-25)16-8-19(26)23(28)20(27)9-16/h6-13,18H,3-5H2,1-2H3,(H,29,31,32). The minimum atomic E-state index is -1.46. The lowest BCUT2D eigenvalue weighted by molar-refractivity contribution is 0.413. The highest BCUT2D eigenvalue weighted by molar-refractivity contribution is 5.62. The Morgan fingerprint density at radius 1 is 1.09 bits per heavy atom. The molecule has 1 aliphatic carbocycles. The summed E-state index contributed by atoms with van der Waals surface area (Å²) < 4.78 is 48.7. The number of methoxy groups -OCH3 is 1. The molecule has 4 aromatic rings. The van der Waals surface area contributed by atoms with Crippen molar-refractivity contribution in [3.05, 3.63) is 89.0 Å². The van der Waals surface area contributed by atoms with Crippen molar-refractivity contribution in [2.24, 2.45) is 0 Å². The van der Waals surface area contributed by atoms with Crippen LogP contribution in [0.4, 0.5) is 24.8 Å². The average molecular weight is 465 g/mol. The molecule has 5 rings (SSSR count). The topological polar surface area (TPSA) is 64.9 Å². The predicted molar refractivity (Wildman–Crippen MR) is 121 cm³/mol. The summed E-state index contributed by atoms with van der Waals surface area (Å²) in [6.45, 7) is 1.91. The molecule has 1 aliphatic rings. The van der Waals surface area contributed by atoms with Crippen molar-refractivity contribution in [3.63, 3.8) is 0 Å². The van der Waals surface area contributed by atoms with Crippen LogP contribution in [0.2, 0.25) is 0 Å². The Balaban J connectivity index is 1.46. The zero-order valence-corrected chi connectivity index (χ0v) is 18.6. The van der Waals surface area contributed by atoms with Crippen LogP contribution in [0.25, 0.3) is 5.69 Å². The maximum atomic E-state index is 13.9. The maximum Gasteiger partial charge on any atom is 0.227 e. The first kappa shape index (κ1) is 21.9. The highest BCUT2D eigenvalue weighted by atomic mass is 19.2. The van der Waals surface area contributed by atoms with E-state index in [9.17, 15) is 13.2 Å². The van der Waals surface area contributed by atoms with Gasteiger partial charge in [-0.05, 0) is 61.6 Å². The molecule has 1 atom stereocenters. The van der Waals surface area contributed by atoms with Gasteiger partial charge in [-0.25, -0.2) is 28.1 Å². The number of halogens is 3. The summed E-state index contributed by atoms with van der Waals surface area (Å²) in [6.07, 6.45) is 7.59. The van der Waals surface area contributed by atoms with Gasteiger partial charge in [0, 0.05) is 30.1 Å². The Labute approximate surface area is 194 Å². The molecule has 0 saturated carbocycles. The van der Waals surface area contributed by atoms with Crippen LogP contribution in [0, 0.1) is 24.4 Å². The fraction of sp³-hybridized carbons (Fsp3) is 0.240. The fourth-order valence-electron chi connectivity index (χ4n) is 4.36. The minimum absolute atomic E-state index is 0.349. The molecular formula is C25H22F3N5O. The van der Waals surface area contributed by atoms with Crippen molar-refractivity contribution in [3.8, 4) is 11.4 Å². The molecule has 0 spiro atoms. The van der Waals surface area contributed by atoms with Crippen LogP contribution in [-0.2, 0) is 6.42 Å². The number of nitrogens with one attached hydrogen (secondary N) is 1. The third-order valence-electron chi connectivity index (χ3n) is 6.00. The Bertz CT molecular complexity index is 1350. The fourth-order valence-corrected chi connectivity index (χ4v) is 4.36. The summed E-state index contributed by atoms with van der Waals surface area (Å²) in [5.41, 5.74) is 4.40. The van der Waals surface area contributed by atoms with Gasteiger partial charge in [0.1, 0.15) is 5.75 Å². The Morgan fingerprint density at radius 3 is 2.59 bits per heavy atom. The van der Waals surface area contributed by atoms with Crippen LogP contribution in [-0.4, -0.2) is 26.6 Å². The Morgan fingerprint density at radius 2 is 1.88 bits per heavy atom. The van der Waals surface area contributed by atoms with Gasteiger partial charge in [0.15, 0.2) is 17.5 Å². The molecule has 2 aromatic carbocycles. The molecule has 1 N–H and O–H groups in total. The molecule has 2 heterocycles. The van der Waals surface area contributed by atoms with Crippen molar-refractivity contribution < 1.29 is 17.9 Å². The second kappa shape index (κ2) is 8.81. The van der Waals surface area contributed by atoms with Gasteiger partial charge in [-0.1, -0.05) is 0 Å². The van der Waals surface area contributed by atoms with Crippen LogP contribution in [0.5, 0.6) is 5.75 Å². The van der Waals surface area contributed by atoms with Gasteiger partial charge < -0.3 is 14.6 Å². The lowest BCUT2D eigenvalue weighted by atomic mass is 9.82. The number of rotatable bonds is 5. The van der Waals surface area contributed by atoms with E-state index in [1.54, 1.807) is 19.6 Å².